The molecule has 0 spiro atoms. The Bertz CT molecular complexity index is 982. The molecule has 28 heavy (non-hydrogen) atoms. The minimum Gasteiger partial charge on any atom is -0.383 e. The molecular formula is C18H22N4O5S. The van der Waals surface area contributed by atoms with Gasteiger partial charge in [0.2, 0.25) is 10.0 Å². The second-order valence-electron chi connectivity index (χ2n) is 6.61. The van der Waals surface area contributed by atoms with E-state index in [1.165, 1.54) is 17.7 Å². The number of para-hydroxylation sites is 1. The number of fused-ring (bicyclic) bond motifs is 3. The van der Waals surface area contributed by atoms with Gasteiger partial charge < -0.3 is 14.4 Å². The Kier molecular flexibility index (Phi) is 5.19. The number of hydrogen-bond donors (Lipinski definition) is 0. The number of rotatable bonds is 4. The van der Waals surface area contributed by atoms with Crippen LogP contribution in [-0.4, -0.2) is 79.6 Å². The van der Waals surface area contributed by atoms with E-state index in [1.54, 1.807) is 33.7 Å². The quantitative estimate of drug-likeness (QED) is 0.734. The van der Waals surface area contributed by atoms with Crippen LogP contribution in [0.15, 0.2) is 35.5 Å². The normalized spacial score (nSPS) is 19.0. The predicted octanol–water partition coefficient (Wildman–Crippen LogP) is 0.495. The van der Waals surface area contributed by atoms with E-state index < -0.39 is 10.0 Å². The number of amides is 1. The second kappa shape index (κ2) is 7.63. The minimum absolute atomic E-state index is 0.0474. The summed E-state index contributed by atoms with van der Waals surface area (Å²) < 4.78 is 39.9. The third-order valence-corrected chi connectivity index (χ3v) is 6.87. The summed E-state index contributed by atoms with van der Waals surface area (Å²) in [5.74, 6) is -0.208. The average molecular weight is 406 g/mol. The van der Waals surface area contributed by atoms with Gasteiger partial charge >= 0.3 is 0 Å². The Labute approximate surface area is 163 Å². The van der Waals surface area contributed by atoms with E-state index in [2.05, 4.69) is 4.98 Å². The van der Waals surface area contributed by atoms with Crippen LogP contribution in [0.5, 0.6) is 0 Å². The molecule has 0 aliphatic carbocycles. The first-order valence-corrected chi connectivity index (χ1v) is 10.5. The van der Waals surface area contributed by atoms with Gasteiger partial charge in [0.15, 0.2) is 5.69 Å². The summed E-state index contributed by atoms with van der Waals surface area (Å²) in [6, 6.07) is 6.75. The van der Waals surface area contributed by atoms with Gasteiger partial charge in [-0.3, -0.25) is 9.36 Å². The number of morpholine rings is 1. The lowest BCUT2D eigenvalue weighted by Crippen LogP contribution is -2.41. The van der Waals surface area contributed by atoms with Crippen molar-refractivity contribution in [2.24, 2.45) is 0 Å². The number of imidazole rings is 1. The number of hydrogen-bond acceptors (Lipinski definition) is 6. The van der Waals surface area contributed by atoms with Crippen LogP contribution < -0.4 is 0 Å². The van der Waals surface area contributed by atoms with Crippen LogP contribution >= 0.6 is 0 Å². The number of benzene rings is 1. The maximum atomic E-state index is 13.2. The maximum Gasteiger partial charge on any atom is 0.274 e. The van der Waals surface area contributed by atoms with Crippen molar-refractivity contribution in [1.82, 2.24) is 18.8 Å². The van der Waals surface area contributed by atoms with E-state index in [-0.39, 0.29) is 36.2 Å². The van der Waals surface area contributed by atoms with Gasteiger partial charge in [-0.05, 0) is 12.1 Å². The molecule has 1 fully saturated rings. The molecule has 9 nitrogen and oxygen atoms in total. The number of carbonyl (C=O) groups is 1. The molecule has 2 aliphatic heterocycles. The fourth-order valence-electron chi connectivity index (χ4n) is 3.49. The van der Waals surface area contributed by atoms with Gasteiger partial charge in [0.1, 0.15) is 11.2 Å². The molecule has 0 atom stereocenters. The van der Waals surface area contributed by atoms with Crippen LogP contribution in [0.4, 0.5) is 0 Å². The summed E-state index contributed by atoms with van der Waals surface area (Å²) in [5.41, 5.74) is 1.32. The molecule has 2 aromatic rings. The number of methoxy groups -OCH3 is 1. The van der Waals surface area contributed by atoms with Crippen LogP contribution in [0.25, 0.3) is 5.69 Å². The maximum absolute atomic E-state index is 13.2. The lowest BCUT2D eigenvalue weighted by molar-refractivity contribution is 0.0298. The average Bonchev–Trinajstić information content (AvgIpc) is 3.10. The first kappa shape index (κ1) is 19.1. The summed E-state index contributed by atoms with van der Waals surface area (Å²) in [6.07, 6.45) is 1.52. The molecule has 1 aromatic heterocycles. The predicted molar refractivity (Wildman–Crippen MR) is 99.8 cm³/mol. The lowest BCUT2D eigenvalue weighted by atomic mass is 10.2. The van der Waals surface area contributed by atoms with Gasteiger partial charge in [-0.15, -0.1) is 0 Å². The zero-order valence-corrected chi connectivity index (χ0v) is 16.4. The van der Waals surface area contributed by atoms with Gasteiger partial charge in [-0.1, -0.05) is 12.1 Å². The van der Waals surface area contributed by atoms with Gasteiger partial charge in [-0.2, -0.15) is 4.31 Å². The zero-order chi connectivity index (χ0) is 19.7. The van der Waals surface area contributed by atoms with Crippen LogP contribution in [-0.2, 0) is 26.0 Å². The third kappa shape index (κ3) is 3.22. The zero-order valence-electron chi connectivity index (χ0n) is 15.6. The first-order chi connectivity index (χ1) is 13.5. The summed E-state index contributed by atoms with van der Waals surface area (Å²) in [5, 5.41) is 0. The van der Waals surface area contributed by atoms with E-state index in [0.717, 1.165) is 0 Å². The smallest absolute Gasteiger partial charge is 0.274 e. The molecule has 150 valence electrons. The largest absolute Gasteiger partial charge is 0.383 e. The van der Waals surface area contributed by atoms with Crippen molar-refractivity contribution in [3.63, 3.8) is 0 Å². The van der Waals surface area contributed by atoms with Gasteiger partial charge in [0.05, 0.1) is 37.7 Å². The Hall–Kier alpha value is -2.27. The van der Waals surface area contributed by atoms with Gasteiger partial charge in [0, 0.05) is 26.7 Å². The molecule has 0 unspecified atom stereocenters. The van der Waals surface area contributed by atoms with Crippen LogP contribution in [0, 0.1) is 0 Å². The van der Waals surface area contributed by atoms with E-state index in [0.29, 0.717) is 37.7 Å². The summed E-state index contributed by atoms with van der Waals surface area (Å²) in [6.45, 7) is 2.44. The summed E-state index contributed by atoms with van der Waals surface area (Å²) >= 11 is 0. The van der Waals surface area contributed by atoms with Crippen molar-refractivity contribution in [2.75, 3.05) is 46.6 Å². The van der Waals surface area contributed by atoms with E-state index >= 15 is 0 Å². The third-order valence-electron chi connectivity index (χ3n) is 4.98. The molecule has 4 rings (SSSR count). The highest BCUT2D eigenvalue weighted by atomic mass is 32.2. The standard InChI is InChI=1S/C18H22N4O5S/c1-26-9-8-21-12-15-17(18(23)20-6-10-27-11-7-20)19-13-22(15)14-4-2-3-5-16(14)28(21,24)25/h2-5,13H,6-12H2,1H3. The molecule has 1 amide bonds. The van der Waals surface area contributed by atoms with E-state index in [1.807, 2.05) is 0 Å². The topological polar surface area (TPSA) is 94.0 Å². The van der Waals surface area contributed by atoms with Gasteiger partial charge in [0.25, 0.3) is 5.91 Å². The van der Waals surface area contributed by atoms with Crippen LogP contribution in [0.1, 0.15) is 16.2 Å². The highest BCUT2D eigenvalue weighted by molar-refractivity contribution is 7.89. The molecule has 10 heteroatoms. The number of ether oxygens (including phenoxy) is 2. The molecule has 0 saturated carbocycles. The molecular weight excluding hydrogens is 384 g/mol. The summed E-state index contributed by atoms with van der Waals surface area (Å²) in [7, 11) is -2.21. The van der Waals surface area contributed by atoms with Gasteiger partial charge in [-0.25, -0.2) is 13.4 Å². The molecule has 3 heterocycles. The van der Waals surface area contributed by atoms with Crippen molar-refractivity contribution < 1.29 is 22.7 Å². The molecule has 0 radical (unpaired) electrons. The van der Waals surface area contributed by atoms with Crippen LogP contribution in [0.2, 0.25) is 0 Å². The Balaban J connectivity index is 1.81. The minimum atomic E-state index is -3.74. The van der Waals surface area contributed by atoms with Crippen molar-refractivity contribution >= 4 is 15.9 Å². The van der Waals surface area contributed by atoms with E-state index in [9.17, 15) is 13.2 Å². The number of carbonyl (C=O) groups excluding carboxylic acids is 1. The fraction of sp³-hybridized carbons (Fsp3) is 0.444. The lowest BCUT2D eigenvalue weighted by Gasteiger charge is -2.26. The Morgan fingerprint density at radius 1 is 1.25 bits per heavy atom. The van der Waals surface area contributed by atoms with Crippen LogP contribution in [0.3, 0.4) is 0 Å². The highest BCUT2D eigenvalue weighted by Gasteiger charge is 2.35. The monoisotopic (exact) mass is 406 g/mol. The fourth-order valence-corrected chi connectivity index (χ4v) is 5.05. The molecule has 2 aliphatic rings. The number of aromatic nitrogens is 2. The molecule has 0 N–H and O–H groups in total. The SMILES string of the molecule is COCCN1Cc2c(C(=O)N3CCOCC3)ncn2-c2ccccc2S1(=O)=O. The first-order valence-electron chi connectivity index (χ1n) is 9.06. The van der Waals surface area contributed by atoms with Crippen molar-refractivity contribution in [3.05, 3.63) is 42.0 Å². The second-order valence-corrected chi connectivity index (χ2v) is 8.52. The Morgan fingerprint density at radius 3 is 2.75 bits per heavy atom. The molecule has 1 aromatic carbocycles. The number of nitrogens with zero attached hydrogens (tertiary/aromatic N) is 4. The Morgan fingerprint density at radius 2 is 2.00 bits per heavy atom. The van der Waals surface area contributed by atoms with E-state index in [4.69, 9.17) is 9.47 Å². The van der Waals surface area contributed by atoms with Crippen molar-refractivity contribution in [3.8, 4) is 5.69 Å². The van der Waals surface area contributed by atoms with Crippen molar-refractivity contribution in [2.45, 2.75) is 11.4 Å². The highest BCUT2D eigenvalue weighted by Crippen LogP contribution is 2.31. The number of sulfonamides is 1. The molecule has 0 bridgehead atoms. The van der Waals surface area contributed by atoms with Crippen molar-refractivity contribution in [1.29, 1.82) is 0 Å². The summed E-state index contributed by atoms with van der Waals surface area (Å²) in [4.78, 5) is 19.3. The molecule has 1 saturated heterocycles.